The molecule has 0 aromatic heterocycles. The summed E-state index contributed by atoms with van der Waals surface area (Å²) in [5.74, 6) is -0.317. The summed E-state index contributed by atoms with van der Waals surface area (Å²) in [7, 11) is 0. The van der Waals surface area contributed by atoms with Gasteiger partial charge in [-0.1, -0.05) is 41.4 Å². The van der Waals surface area contributed by atoms with E-state index in [2.05, 4.69) is 4.29 Å². The van der Waals surface area contributed by atoms with Crippen LogP contribution in [0.15, 0.2) is 30.3 Å². The molecule has 0 N–H and O–H groups in total. The van der Waals surface area contributed by atoms with Crippen LogP contribution in [-0.4, -0.2) is 10.5 Å². The monoisotopic (exact) mass is 268 g/mol. The van der Waals surface area contributed by atoms with E-state index in [1.807, 2.05) is 6.07 Å². The van der Waals surface area contributed by atoms with Crippen LogP contribution in [0, 0.1) is 0 Å². The lowest BCUT2D eigenvalue weighted by molar-refractivity contribution is -0.135. The van der Waals surface area contributed by atoms with Crippen molar-refractivity contribution in [1.29, 1.82) is 0 Å². The highest BCUT2D eigenvalue weighted by Gasteiger charge is 2.31. The molecule has 0 aliphatic heterocycles. The molecule has 0 spiro atoms. The number of rotatable bonds is 4. The van der Waals surface area contributed by atoms with E-state index in [0.29, 0.717) is 5.75 Å². The number of para-hydroxylation sites is 1. The van der Waals surface area contributed by atoms with Gasteiger partial charge < -0.3 is 9.03 Å². The van der Waals surface area contributed by atoms with E-state index in [9.17, 15) is 4.79 Å². The molecule has 0 aliphatic rings. The molecule has 0 saturated carbocycles. The number of ether oxygens (including phenoxy) is 1. The van der Waals surface area contributed by atoms with Crippen molar-refractivity contribution in [2.24, 2.45) is 0 Å². The Morgan fingerprint density at radius 1 is 1.27 bits per heavy atom. The summed E-state index contributed by atoms with van der Waals surface area (Å²) in [5.41, 5.74) is 0. The van der Waals surface area contributed by atoms with Gasteiger partial charge in [-0.05, 0) is 12.1 Å². The Morgan fingerprint density at radius 2 is 1.87 bits per heavy atom. The smallest absolute Gasteiger partial charge is 0.331 e. The Morgan fingerprint density at radius 3 is 2.40 bits per heavy atom. The van der Waals surface area contributed by atoms with E-state index >= 15 is 0 Å². The zero-order valence-corrected chi connectivity index (χ0v) is 9.72. The number of halogens is 3. The molecule has 0 fully saturated rings. The minimum atomic E-state index is -1.69. The van der Waals surface area contributed by atoms with E-state index in [1.165, 1.54) is 0 Å². The highest BCUT2D eigenvalue weighted by Crippen LogP contribution is 2.29. The third-order valence-corrected chi connectivity index (χ3v) is 2.04. The standard InChI is InChI=1S/C9H7Cl3O3/c10-9(11,6-8(13)15-12)14-7-4-2-1-3-5-7/h1-5H,6H2. The van der Waals surface area contributed by atoms with E-state index in [1.54, 1.807) is 24.3 Å². The minimum absolute atomic E-state index is 0.367. The zero-order chi connectivity index (χ0) is 11.3. The van der Waals surface area contributed by atoms with Gasteiger partial charge in [-0.2, -0.15) is 0 Å². The molecule has 82 valence electrons. The predicted molar refractivity (Wildman–Crippen MR) is 58.1 cm³/mol. The first-order valence-electron chi connectivity index (χ1n) is 3.97. The van der Waals surface area contributed by atoms with Gasteiger partial charge in [0.05, 0.1) is 0 Å². The van der Waals surface area contributed by atoms with E-state index in [0.717, 1.165) is 0 Å². The Kier molecular flexibility index (Phi) is 4.51. The molecule has 0 heterocycles. The van der Waals surface area contributed by atoms with Gasteiger partial charge >= 0.3 is 5.97 Å². The minimum Gasteiger partial charge on any atom is -0.457 e. The van der Waals surface area contributed by atoms with E-state index < -0.39 is 10.5 Å². The van der Waals surface area contributed by atoms with Crippen LogP contribution in [0.2, 0.25) is 0 Å². The summed E-state index contributed by atoms with van der Waals surface area (Å²) >= 11 is 16.3. The maximum absolute atomic E-state index is 10.8. The molecule has 15 heavy (non-hydrogen) atoms. The summed E-state index contributed by atoms with van der Waals surface area (Å²) in [6.07, 6.45) is -0.367. The molecule has 0 unspecified atom stereocenters. The molecule has 3 nitrogen and oxygen atoms in total. The normalized spacial score (nSPS) is 10.9. The molecule has 0 radical (unpaired) electrons. The molecule has 0 amide bonds. The van der Waals surface area contributed by atoms with Gasteiger partial charge in [0.1, 0.15) is 24.0 Å². The second-order valence-electron chi connectivity index (χ2n) is 2.68. The molecule has 0 saturated heterocycles. The van der Waals surface area contributed by atoms with Gasteiger partial charge in [0.2, 0.25) is 0 Å². The molecule has 0 aliphatic carbocycles. The first kappa shape index (κ1) is 12.4. The number of carbonyl (C=O) groups excluding carboxylic acids is 1. The second kappa shape index (κ2) is 5.45. The summed E-state index contributed by atoms with van der Waals surface area (Å²) in [5, 5.41) is 0. The van der Waals surface area contributed by atoms with Gasteiger partial charge in [-0.25, -0.2) is 0 Å². The van der Waals surface area contributed by atoms with Gasteiger partial charge in [-0.15, -0.1) is 0 Å². The van der Waals surface area contributed by atoms with Crippen LogP contribution in [0.4, 0.5) is 0 Å². The maximum atomic E-state index is 10.8. The highest BCUT2D eigenvalue weighted by molar-refractivity contribution is 6.48. The Labute approximate surface area is 102 Å². The van der Waals surface area contributed by atoms with Crippen LogP contribution in [0.1, 0.15) is 6.42 Å². The summed E-state index contributed by atoms with van der Waals surface area (Å²) in [4.78, 5) is 10.8. The van der Waals surface area contributed by atoms with Crippen molar-refractivity contribution in [2.75, 3.05) is 0 Å². The van der Waals surface area contributed by atoms with Crippen molar-refractivity contribution in [1.82, 2.24) is 0 Å². The van der Waals surface area contributed by atoms with Crippen molar-refractivity contribution >= 4 is 41.0 Å². The summed E-state index contributed by atoms with van der Waals surface area (Å²) in [6.45, 7) is 0. The number of hydrogen-bond acceptors (Lipinski definition) is 3. The van der Waals surface area contributed by atoms with Crippen molar-refractivity contribution in [2.45, 2.75) is 10.9 Å². The van der Waals surface area contributed by atoms with Crippen molar-refractivity contribution in [3.05, 3.63) is 30.3 Å². The van der Waals surface area contributed by atoms with Gasteiger partial charge in [0, 0.05) is 0 Å². The fourth-order valence-electron chi connectivity index (χ4n) is 0.892. The first-order valence-corrected chi connectivity index (χ1v) is 5.03. The lowest BCUT2D eigenvalue weighted by Gasteiger charge is -2.19. The van der Waals surface area contributed by atoms with E-state index in [4.69, 9.17) is 39.8 Å². The summed E-state index contributed by atoms with van der Waals surface area (Å²) in [6, 6.07) is 8.62. The fraction of sp³-hybridized carbons (Fsp3) is 0.222. The van der Waals surface area contributed by atoms with Crippen LogP contribution in [0.3, 0.4) is 0 Å². The summed E-state index contributed by atoms with van der Waals surface area (Å²) < 4.78 is 7.37. The SMILES string of the molecule is O=C(CC(Cl)(Cl)Oc1ccccc1)OCl. The molecular weight excluding hydrogens is 262 g/mol. The highest BCUT2D eigenvalue weighted by atomic mass is 35.5. The number of alkyl halides is 2. The average molecular weight is 270 g/mol. The molecule has 0 atom stereocenters. The predicted octanol–water partition coefficient (Wildman–Crippen LogP) is 3.28. The van der Waals surface area contributed by atoms with E-state index in [-0.39, 0.29) is 6.42 Å². The Bertz CT molecular complexity index is 327. The number of carbonyl (C=O) groups is 1. The Balaban J connectivity index is 2.60. The van der Waals surface area contributed by atoms with Gasteiger partial charge in [-0.3, -0.25) is 4.79 Å². The lowest BCUT2D eigenvalue weighted by atomic mass is 10.3. The van der Waals surface area contributed by atoms with Crippen LogP contribution in [0.25, 0.3) is 0 Å². The quantitative estimate of drug-likeness (QED) is 0.787. The molecule has 6 heteroatoms. The average Bonchev–Trinajstić information content (AvgIpc) is 2.17. The third kappa shape index (κ3) is 4.60. The number of hydrogen-bond donors (Lipinski definition) is 0. The van der Waals surface area contributed by atoms with Crippen molar-refractivity contribution in [3.8, 4) is 5.75 Å². The molecule has 0 bridgehead atoms. The van der Waals surface area contributed by atoms with Gasteiger partial charge in [0.25, 0.3) is 4.52 Å². The van der Waals surface area contributed by atoms with Crippen molar-refractivity contribution in [3.63, 3.8) is 0 Å². The van der Waals surface area contributed by atoms with Crippen molar-refractivity contribution < 1.29 is 13.8 Å². The van der Waals surface area contributed by atoms with Gasteiger partial charge in [0.15, 0.2) is 0 Å². The van der Waals surface area contributed by atoms with Crippen LogP contribution < -0.4 is 4.74 Å². The first-order chi connectivity index (χ1) is 7.03. The molecular formula is C9H7Cl3O3. The lowest BCUT2D eigenvalue weighted by Crippen LogP contribution is -2.25. The molecule has 1 aromatic rings. The maximum Gasteiger partial charge on any atom is 0.331 e. The number of benzene rings is 1. The fourth-order valence-corrected chi connectivity index (χ4v) is 1.34. The van der Waals surface area contributed by atoms with Crippen LogP contribution in [-0.2, 0) is 9.08 Å². The molecule has 1 rings (SSSR count). The zero-order valence-electron chi connectivity index (χ0n) is 7.45. The largest absolute Gasteiger partial charge is 0.457 e. The Hall–Kier alpha value is -0.640. The molecule has 1 aromatic carbocycles. The second-order valence-corrected chi connectivity index (χ2v) is 4.25. The van der Waals surface area contributed by atoms with Crippen LogP contribution >= 0.6 is 35.1 Å². The topological polar surface area (TPSA) is 35.5 Å². The third-order valence-electron chi connectivity index (χ3n) is 1.45. The van der Waals surface area contributed by atoms with Crippen LogP contribution in [0.5, 0.6) is 5.75 Å².